The van der Waals surface area contributed by atoms with Gasteiger partial charge in [-0.05, 0) is 62.3 Å². The molecule has 0 aliphatic heterocycles. The molecule has 1 aromatic carbocycles. The molecule has 3 nitrogen and oxygen atoms in total. The van der Waals surface area contributed by atoms with E-state index in [4.69, 9.17) is 0 Å². The third kappa shape index (κ3) is 2.34. The van der Waals surface area contributed by atoms with Gasteiger partial charge in [-0.15, -0.1) is 0 Å². The molecule has 5 rings (SSSR count). The number of hydrazone groups is 1. The molecule has 0 spiro atoms. The summed E-state index contributed by atoms with van der Waals surface area (Å²) in [6.07, 6.45) is 8.37. The van der Waals surface area contributed by atoms with Gasteiger partial charge in [0, 0.05) is 5.56 Å². The largest absolute Gasteiger partial charge is 0.273 e. The van der Waals surface area contributed by atoms with Crippen LogP contribution in [0, 0.1) is 29.0 Å². The molecular formula is C18H21FN2O. The van der Waals surface area contributed by atoms with E-state index in [-0.39, 0.29) is 17.1 Å². The van der Waals surface area contributed by atoms with E-state index < -0.39 is 0 Å². The Labute approximate surface area is 130 Å². The third-order valence-corrected chi connectivity index (χ3v) is 5.79. The van der Waals surface area contributed by atoms with Gasteiger partial charge in [0.2, 0.25) is 5.91 Å². The van der Waals surface area contributed by atoms with Crippen molar-refractivity contribution in [2.24, 2.45) is 28.3 Å². The van der Waals surface area contributed by atoms with Crippen LogP contribution in [0.2, 0.25) is 0 Å². The topological polar surface area (TPSA) is 41.5 Å². The smallest absolute Gasteiger partial charge is 0.246 e. The number of hydrogen-bond donors (Lipinski definition) is 1. The van der Waals surface area contributed by atoms with Crippen LogP contribution in [0.5, 0.6) is 0 Å². The van der Waals surface area contributed by atoms with E-state index in [1.807, 2.05) is 0 Å². The SMILES string of the molecule is O=C(N/N=C/c1ccccc1F)C12CC3CC(CC(C3)C1)C2. The maximum atomic E-state index is 13.5. The average molecular weight is 300 g/mol. The summed E-state index contributed by atoms with van der Waals surface area (Å²) in [5, 5.41) is 4.00. The molecule has 116 valence electrons. The maximum absolute atomic E-state index is 13.5. The Kier molecular flexibility index (Phi) is 3.28. The van der Waals surface area contributed by atoms with Crippen LogP contribution in [-0.2, 0) is 4.79 Å². The molecule has 22 heavy (non-hydrogen) atoms. The van der Waals surface area contributed by atoms with Crippen molar-refractivity contribution in [2.75, 3.05) is 0 Å². The highest BCUT2D eigenvalue weighted by molar-refractivity contribution is 5.85. The average Bonchev–Trinajstić information content (AvgIpc) is 2.47. The summed E-state index contributed by atoms with van der Waals surface area (Å²) in [5.41, 5.74) is 2.87. The lowest BCUT2D eigenvalue weighted by molar-refractivity contribution is -0.146. The van der Waals surface area contributed by atoms with Crippen molar-refractivity contribution in [1.29, 1.82) is 0 Å². The Balaban J connectivity index is 1.45. The second-order valence-corrected chi connectivity index (χ2v) is 7.42. The molecule has 0 atom stereocenters. The van der Waals surface area contributed by atoms with Crippen LogP contribution in [0.3, 0.4) is 0 Å². The van der Waals surface area contributed by atoms with Crippen LogP contribution in [0.1, 0.15) is 44.1 Å². The number of rotatable bonds is 3. The predicted molar refractivity (Wildman–Crippen MR) is 82.7 cm³/mol. The van der Waals surface area contributed by atoms with Gasteiger partial charge in [-0.1, -0.05) is 18.2 Å². The van der Waals surface area contributed by atoms with E-state index in [2.05, 4.69) is 10.5 Å². The molecule has 0 heterocycles. The minimum absolute atomic E-state index is 0.0409. The van der Waals surface area contributed by atoms with Gasteiger partial charge < -0.3 is 0 Å². The molecule has 4 saturated carbocycles. The molecule has 0 radical (unpaired) electrons. The summed E-state index contributed by atoms with van der Waals surface area (Å²) in [6.45, 7) is 0. The monoisotopic (exact) mass is 300 g/mol. The molecule has 4 aliphatic carbocycles. The van der Waals surface area contributed by atoms with Crippen molar-refractivity contribution in [3.63, 3.8) is 0 Å². The quantitative estimate of drug-likeness (QED) is 0.674. The number of amides is 1. The molecule has 1 N–H and O–H groups in total. The van der Waals surface area contributed by atoms with E-state index >= 15 is 0 Å². The predicted octanol–water partition coefficient (Wildman–Crippen LogP) is 3.49. The van der Waals surface area contributed by atoms with Gasteiger partial charge in [0.15, 0.2) is 0 Å². The molecule has 0 unspecified atom stereocenters. The highest BCUT2D eigenvalue weighted by Gasteiger charge is 2.54. The van der Waals surface area contributed by atoms with Crippen LogP contribution in [0.15, 0.2) is 29.4 Å². The summed E-state index contributed by atoms with van der Waals surface area (Å²) in [6, 6.07) is 6.43. The first kappa shape index (κ1) is 13.9. The van der Waals surface area contributed by atoms with Gasteiger partial charge in [-0.25, -0.2) is 9.82 Å². The van der Waals surface area contributed by atoms with Crippen molar-refractivity contribution in [1.82, 2.24) is 5.43 Å². The third-order valence-electron chi connectivity index (χ3n) is 5.79. The molecule has 4 bridgehead atoms. The van der Waals surface area contributed by atoms with Crippen molar-refractivity contribution in [3.8, 4) is 0 Å². The minimum Gasteiger partial charge on any atom is -0.273 e. The number of benzene rings is 1. The molecule has 1 aromatic rings. The first-order valence-electron chi connectivity index (χ1n) is 8.23. The van der Waals surface area contributed by atoms with Crippen LogP contribution >= 0.6 is 0 Å². The first-order valence-corrected chi connectivity index (χ1v) is 8.23. The Morgan fingerprint density at radius 3 is 2.32 bits per heavy atom. The summed E-state index contributed by atoms with van der Waals surface area (Å²) in [5.74, 6) is 1.90. The lowest BCUT2D eigenvalue weighted by Crippen LogP contribution is -2.52. The van der Waals surface area contributed by atoms with Gasteiger partial charge >= 0.3 is 0 Å². The van der Waals surface area contributed by atoms with Crippen LogP contribution in [0.25, 0.3) is 0 Å². The second-order valence-electron chi connectivity index (χ2n) is 7.42. The Bertz CT molecular complexity index is 590. The maximum Gasteiger partial charge on any atom is 0.246 e. The van der Waals surface area contributed by atoms with Crippen molar-refractivity contribution in [3.05, 3.63) is 35.6 Å². The van der Waals surface area contributed by atoms with Crippen LogP contribution in [0.4, 0.5) is 4.39 Å². The molecule has 4 aliphatic rings. The van der Waals surface area contributed by atoms with Gasteiger partial charge in [0.05, 0.1) is 11.6 Å². The molecule has 4 fully saturated rings. The van der Waals surface area contributed by atoms with E-state index in [1.54, 1.807) is 18.2 Å². The number of carbonyl (C=O) groups is 1. The fourth-order valence-corrected chi connectivity index (χ4v) is 5.25. The second kappa shape index (κ2) is 5.18. The van der Waals surface area contributed by atoms with Crippen molar-refractivity contribution >= 4 is 12.1 Å². The lowest BCUT2D eigenvalue weighted by atomic mass is 9.49. The summed E-state index contributed by atoms with van der Waals surface area (Å²) < 4.78 is 13.5. The number of carbonyl (C=O) groups excluding carboxylic acids is 1. The summed E-state index contributed by atoms with van der Waals surface area (Å²) in [4.78, 5) is 12.7. The van der Waals surface area contributed by atoms with Crippen molar-refractivity contribution < 1.29 is 9.18 Å². The van der Waals surface area contributed by atoms with E-state index in [9.17, 15) is 9.18 Å². The molecule has 4 heteroatoms. The Hall–Kier alpha value is -1.71. The fraction of sp³-hybridized carbons (Fsp3) is 0.556. The zero-order valence-corrected chi connectivity index (χ0v) is 12.6. The fourth-order valence-electron chi connectivity index (χ4n) is 5.25. The van der Waals surface area contributed by atoms with Gasteiger partial charge in [0.1, 0.15) is 5.82 Å². The van der Waals surface area contributed by atoms with Crippen LogP contribution < -0.4 is 5.43 Å². The number of hydrogen-bond acceptors (Lipinski definition) is 2. The van der Waals surface area contributed by atoms with E-state index in [0.29, 0.717) is 5.56 Å². The molecule has 0 aromatic heterocycles. The number of nitrogens with one attached hydrogen (secondary N) is 1. The zero-order valence-electron chi connectivity index (χ0n) is 12.6. The highest BCUT2D eigenvalue weighted by Crippen LogP contribution is 2.60. The van der Waals surface area contributed by atoms with E-state index in [0.717, 1.165) is 37.0 Å². The summed E-state index contributed by atoms with van der Waals surface area (Å²) >= 11 is 0. The van der Waals surface area contributed by atoms with Crippen LogP contribution in [-0.4, -0.2) is 12.1 Å². The standard InChI is InChI=1S/C18H21FN2O/c19-16-4-2-1-3-15(16)11-20-21-17(22)18-8-12-5-13(9-18)7-14(6-12)10-18/h1-4,11-14H,5-10H2,(H,21,22)/b20-11+. The number of nitrogens with zero attached hydrogens (tertiary/aromatic N) is 1. The van der Waals surface area contributed by atoms with Gasteiger partial charge in [-0.2, -0.15) is 5.10 Å². The van der Waals surface area contributed by atoms with Gasteiger partial charge in [-0.3, -0.25) is 4.79 Å². The number of halogens is 1. The lowest BCUT2D eigenvalue weighted by Gasteiger charge is -2.55. The van der Waals surface area contributed by atoms with Gasteiger partial charge in [0.25, 0.3) is 0 Å². The summed E-state index contributed by atoms with van der Waals surface area (Å²) in [7, 11) is 0. The van der Waals surface area contributed by atoms with Crippen molar-refractivity contribution in [2.45, 2.75) is 38.5 Å². The molecule has 1 amide bonds. The zero-order chi connectivity index (χ0) is 15.2. The first-order chi connectivity index (χ1) is 10.6. The minimum atomic E-state index is -0.324. The molecular weight excluding hydrogens is 279 g/mol. The Morgan fingerprint density at radius 2 is 1.73 bits per heavy atom. The normalized spacial score (nSPS) is 36.0. The highest BCUT2D eigenvalue weighted by atomic mass is 19.1. The Morgan fingerprint density at radius 1 is 1.14 bits per heavy atom. The van der Waals surface area contributed by atoms with E-state index in [1.165, 1.54) is 31.5 Å². The molecule has 0 saturated heterocycles.